The molecule has 1 saturated heterocycles. The molecule has 2 heterocycles. The number of methoxy groups -OCH3 is 1. The summed E-state index contributed by atoms with van der Waals surface area (Å²) in [5.41, 5.74) is 3.98. The molecule has 2 aliphatic rings. The summed E-state index contributed by atoms with van der Waals surface area (Å²) in [5, 5.41) is 3.32. The van der Waals surface area contributed by atoms with Gasteiger partial charge in [-0.15, -0.1) is 0 Å². The quantitative estimate of drug-likeness (QED) is 0.667. The Labute approximate surface area is 182 Å². The molecule has 160 valence electrons. The lowest BCUT2D eigenvalue weighted by atomic mass is 10.0. The van der Waals surface area contributed by atoms with Gasteiger partial charge >= 0.3 is 0 Å². The standard InChI is InChI=1S/C25H28N4O2/c1-18-13-29(17-26-18)21-9-8-20(12-22(21)31-2)24(30)27-23-15-28(16-25(23)10-11-25)14-19-6-4-3-5-7-19/h3-9,12-13,17,23H,10-11,14-16H2,1-2H3,(H,27,30)/t23-/m0/s1. The number of aryl methyl sites for hydroxylation is 1. The highest BCUT2D eigenvalue weighted by Crippen LogP contribution is 2.53. The fourth-order valence-electron chi connectivity index (χ4n) is 4.73. The minimum absolute atomic E-state index is 0.0375. The normalized spacial score (nSPS) is 19.5. The van der Waals surface area contributed by atoms with E-state index in [1.54, 1.807) is 13.4 Å². The molecule has 1 aliphatic heterocycles. The molecule has 6 heteroatoms. The topological polar surface area (TPSA) is 59.4 Å². The van der Waals surface area contributed by atoms with Gasteiger partial charge in [-0.2, -0.15) is 0 Å². The lowest BCUT2D eigenvalue weighted by Gasteiger charge is -2.19. The van der Waals surface area contributed by atoms with Crippen molar-refractivity contribution in [3.05, 3.63) is 77.9 Å². The molecule has 1 saturated carbocycles. The molecule has 3 aromatic rings. The Hall–Kier alpha value is -3.12. The number of imidazole rings is 1. The monoisotopic (exact) mass is 416 g/mol. The lowest BCUT2D eigenvalue weighted by Crippen LogP contribution is -2.41. The van der Waals surface area contributed by atoms with Gasteiger partial charge in [0.1, 0.15) is 5.75 Å². The van der Waals surface area contributed by atoms with Crippen molar-refractivity contribution in [2.24, 2.45) is 5.41 Å². The minimum atomic E-state index is -0.0375. The summed E-state index contributed by atoms with van der Waals surface area (Å²) in [7, 11) is 1.63. The van der Waals surface area contributed by atoms with Gasteiger partial charge in [0.25, 0.3) is 5.91 Å². The highest BCUT2D eigenvalue weighted by molar-refractivity contribution is 5.95. The van der Waals surface area contributed by atoms with Gasteiger partial charge in [-0.3, -0.25) is 9.69 Å². The molecule has 2 fully saturated rings. The van der Waals surface area contributed by atoms with Gasteiger partial charge in [0.15, 0.2) is 0 Å². The lowest BCUT2D eigenvalue weighted by molar-refractivity contribution is 0.0927. The van der Waals surface area contributed by atoms with Crippen LogP contribution in [0.15, 0.2) is 61.1 Å². The van der Waals surface area contributed by atoms with Crippen molar-refractivity contribution < 1.29 is 9.53 Å². The Bertz CT molecular complexity index is 1090. The first kappa shape index (κ1) is 19.8. The number of likely N-dealkylation sites (tertiary alicyclic amines) is 1. The molecule has 0 radical (unpaired) electrons. The first-order valence-electron chi connectivity index (χ1n) is 10.8. The zero-order valence-electron chi connectivity index (χ0n) is 18.0. The van der Waals surface area contributed by atoms with E-state index in [9.17, 15) is 4.79 Å². The van der Waals surface area contributed by atoms with Crippen molar-refractivity contribution in [3.8, 4) is 11.4 Å². The van der Waals surface area contributed by atoms with E-state index in [2.05, 4.69) is 39.5 Å². The van der Waals surface area contributed by atoms with Gasteiger partial charge in [-0.05, 0) is 43.5 Å². The summed E-state index contributed by atoms with van der Waals surface area (Å²) in [6, 6.07) is 16.3. The molecule has 5 rings (SSSR count). The van der Waals surface area contributed by atoms with Gasteiger partial charge < -0.3 is 14.6 Å². The first-order valence-corrected chi connectivity index (χ1v) is 10.8. The van der Waals surface area contributed by atoms with Crippen molar-refractivity contribution in [3.63, 3.8) is 0 Å². The van der Waals surface area contributed by atoms with E-state index in [-0.39, 0.29) is 17.4 Å². The highest BCUT2D eigenvalue weighted by Gasteiger charge is 2.55. The maximum absolute atomic E-state index is 13.1. The largest absolute Gasteiger partial charge is 0.495 e. The Balaban J connectivity index is 1.29. The molecule has 1 spiro atoms. The van der Waals surface area contributed by atoms with Crippen molar-refractivity contribution in [1.29, 1.82) is 0 Å². The van der Waals surface area contributed by atoms with Crippen LogP contribution in [-0.2, 0) is 6.54 Å². The number of benzene rings is 2. The first-order chi connectivity index (χ1) is 15.1. The van der Waals surface area contributed by atoms with E-state index in [0.29, 0.717) is 11.3 Å². The summed E-state index contributed by atoms with van der Waals surface area (Å²) >= 11 is 0. The smallest absolute Gasteiger partial charge is 0.251 e. The molecule has 0 unspecified atom stereocenters. The summed E-state index contributed by atoms with van der Waals surface area (Å²) in [6.45, 7) is 4.82. The highest BCUT2D eigenvalue weighted by atomic mass is 16.5. The van der Waals surface area contributed by atoms with Gasteiger partial charge in [0.2, 0.25) is 0 Å². The van der Waals surface area contributed by atoms with Crippen LogP contribution in [0.4, 0.5) is 0 Å². The summed E-state index contributed by atoms with van der Waals surface area (Å²) in [5.74, 6) is 0.618. The second-order valence-electron chi connectivity index (χ2n) is 8.85. The second kappa shape index (κ2) is 7.85. The van der Waals surface area contributed by atoms with E-state index in [4.69, 9.17) is 4.74 Å². The molecular formula is C25H28N4O2. The molecule has 1 N–H and O–H groups in total. The molecule has 1 atom stereocenters. The Morgan fingerprint density at radius 2 is 2.03 bits per heavy atom. The average Bonchev–Trinajstić information content (AvgIpc) is 3.31. The van der Waals surface area contributed by atoms with Crippen LogP contribution in [0, 0.1) is 12.3 Å². The van der Waals surface area contributed by atoms with Crippen molar-refractivity contribution in [2.45, 2.75) is 32.4 Å². The van der Waals surface area contributed by atoms with Crippen molar-refractivity contribution in [1.82, 2.24) is 19.8 Å². The van der Waals surface area contributed by atoms with Crippen LogP contribution in [0.25, 0.3) is 5.69 Å². The Morgan fingerprint density at radius 3 is 2.71 bits per heavy atom. The molecule has 2 aromatic carbocycles. The predicted octanol–water partition coefficient (Wildman–Crippen LogP) is 3.58. The van der Waals surface area contributed by atoms with E-state index in [1.165, 1.54) is 18.4 Å². The van der Waals surface area contributed by atoms with Gasteiger partial charge in [-0.25, -0.2) is 4.98 Å². The Morgan fingerprint density at radius 1 is 1.23 bits per heavy atom. The fraction of sp³-hybridized carbons (Fsp3) is 0.360. The number of hydrogen-bond donors (Lipinski definition) is 1. The third-order valence-corrected chi connectivity index (χ3v) is 6.60. The summed E-state index contributed by atoms with van der Waals surface area (Å²) in [4.78, 5) is 19.8. The van der Waals surface area contributed by atoms with Crippen molar-refractivity contribution in [2.75, 3.05) is 20.2 Å². The third kappa shape index (κ3) is 3.95. The van der Waals surface area contributed by atoms with Gasteiger partial charge in [-0.1, -0.05) is 30.3 Å². The van der Waals surface area contributed by atoms with E-state index in [0.717, 1.165) is 31.0 Å². The fourth-order valence-corrected chi connectivity index (χ4v) is 4.73. The van der Waals surface area contributed by atoms with Crippen LogP contribution in [0.5, 0.6) is 5.75 Å². The molecule has 1 aliphatic carbocycles. The number of carbonyl (C=O) groups is 1. The van der Waals surface area contributed by atoms with E-state index in [1.807, 2.05) is 42.0 Å². The molecule has 31 heavy (non-hydrogen) atoms. The number of nitrogens with one attached hydrogen (secondary N) is 1. The van der Waals surface area contributed by atoms with Gasteiger partial charge in [0.05, 0.1) is 24.8 Å². The summed E-state index contributed by atoms with van der Waals surface area (Å²) < 4.78 is 7.48. The van der Waals surface area contributed by atoms with E-state index >= 15 is 0 Å². The summed E-state index contributed by atoms with van der Waals surface area (Å²) in [6.07, 6.45) is 6.06. The number of ether oxygens (including phenoxy) is 1. The number of aromatic nitrogens is 2. The molecule has 6 nitrogen and oxygen atoms in total. The molecule has 1 amide bonds. The SMILES string of the molecule is COc1cc(C(=O)N[C@H]2CN(Cc3ccccc3)CC23CC3)ccc1-n1cnc(C)c1. The van der Waals surface area contributed by atoms with Crippen LogP contribution < -0.4 is 10.1 Å². The number of rotatable bonds is 6. The number of hydrogen-bond acceptors (Lipinski definition) is 4. The number of carbonyl (C=O) groups excluding carboxylic acids is 1. The second-order valence-corrected chi connectivity index (χ2v) is 8.85. The minimum Gasteiger partial charge on any atom is -0.495 e. The number of amides is 1. The van der Waals surface area contributed by atoms with Crippen molar-refractivity contribution >= 4 is 5.91 Å². The van der Waals surface area contributed by atoms with E-state index < -0.39 is 0 Å². The average molecular weight is 417 g/mol. The van der Waals surface area contributed by atoms with Crippen LogP contribution in [0.3, 0.4) is 0 Å². The Kier molecular flexibility index (Phi) is 5.02. The van der Waals surface area contributed by atoms with Crippen LogP contribution in [-0.4, -0.2) is 46.6 Å². The molecule has 0 bridgehead atoms. The third-order valence-electron chi connectivity index (χ3n) is 6.60. The number of nitrogens with zero attached hydrogens (tertiary/aromatic N) is 3. The molecular weight excluding hydrogens is 388 g/mol. The maximum Gasteiger partial charge on any atom is 0.251 e. The zero-order chi connectivity index (χ0) is 21.4. The van der Waals surface area contributed by atoms with Gasteiger partial charge in [0, 0.05) is 42.9 Å². The predicted molar refractivity (Wildman–Crippen MR) is 119 cm³/mol. The van der Waals surface area contributed by atoms with Crippen LogP contribution in [0.2, 0.25) is 0 Å². The van der Waals surface area contributed by atoms with Crippen LogP contribution in [0.1, 0.15) is 34.5 Å². The van der Waals surface area contributed by atoms with Crippen LogP contribution >= 0.6 is 0 Å². The maximum atomic E-state index is 13.1. The molecule has 1 aromatic heterocycles. The zero-order valence-corrected chi connectivity index (χ0v) is 18.0.